The van der Waals surface area contributed by atoms with Gasteiger partial charge in [-0.25, -0.2) is 8.78 Å². The first-order chi connectivity index (χ1) is 9.39. The molecule has 0 spiro atoms. The van der Waals surface area contributed by atoms with Crippen LogP contribution >= 0.6 is 0 Å². The summed E-state index contributed by atoms with van der Waals surface area (Å²) in [5.41, 5.74) is 3.24. The Bertz CT molecular complexity index is 610. The molecule has 3 rings (SSSR count). The van der Waals surface area contributed by atoms with Gasteiger partial charge in [-0.3, -0.25) is 4.79 Å². The van der Waals surface area contributed by atoms with Gasteiger partial charge in [0.05, 0.1) is 17.7 Å². The highest BCUT2D eigenvalue weighted by Gasteiger charge is 2.46. The number of carbonyl (C=O) groups excluding carboxylic acids is 1. The number of Topliss-reactive ketones (excluding diaryl/α,β-unsaturated/α-hetero) is 1. The van der Waals surface area contributed by atoms with Crippen molar-refractivity contribution >= 4 is 11.5 Å². The summed E-state index contributed by atoms with van der Waals surface area (Å²) >= 11 is 0. The molecule has 1 aliphatic heterocycles. The molecule has 106 valence electrons. The average molecular weight is 278 g/mol. The number of rotatable bonds is 1. The largest absolute Gasteiger partial charge is 0.306 e. The lowest BCUT2D eigenvalue weighted by molar-refractivity contribution is -0.126. The Kier molecular flexibility index (Phi) is 2.88. The number of halogens is 2. The van der Waals surface area contributed by atoms with Crippen LogP contribution in [-0.4, -0.2) is 17.5 Å². The lowest BCUT2D eigenvalue weighted by Gasteiger charge is -2.36. The van der Waals surface area contributed by atoms with E-state index in [9.17, 15) is 13.6 Å². The summed E-state index contributed by atoms with van der Waals surface area (Å²) in [5, 5.41) is 4.11. The maximum atomic E-state index is 13.9. The van der Waals surface area contributed by atoms with Crippen LogP contribution in [0.2, 0.25) is 0 Å². The van der Waals surface area contributed by atoms with Crippen LogP contribution in [0.15, 0.2) is 23.3 Å². The molecule has 1 N–H and O–H groups in total. The Balaban J connectivity index is 1.98. The monoisotopic (exact) mass is 278 g/mol. The molecular weight excluding hydrogens is 262 g/mol. The maximum Gasteiger partial charge on any atom is 0.167 e. The maximum absolute atomic E-state index is 13.9. The molecule has 1 aliphatic carbocycles. The molecule has 1 fully saturated rings. The third-order valence-electron chi connectivity index (χ3n) is 4.05. The van der Waals surface area contributed by atoms with Gasteiger partial charge in [0, 0.05) is 12.0 Å². The van der Waals surface area contributed by atoms with Gasteiger partial charge in [-0.1, -0.05) is 19.9 Å². The Morgan fingerprint density at radius 3 is 2.85 bits per heavy atom. The van der Waals surface area contributed by atoms with Crippen molar-refractivity contribution in [3.8, 4) is 0 Å². The Hall–Kier alpha value is -1.78. The van der Waals surface area contributed by atoms with Crippen LogP contribution in [0, 0.1) is 23.0 Å². The number of nitrogens with one attached hydrogen (secondary N) is 1. The molecule has 0 unspecified atom stereocenters. The van der Waals surface area contributed by atoms with Crippen LogP contribution in [0.3, 0.4) is 0 Å². The van der Waals surface area contributed by atoms with Crippen molar-refractivity contribution in [2.45, 2.75) is 32.7 Å². The van der Waals surface area contributed by atoms with Gasteiger partial charge in [-0.15, -0.1) is 0 Å². The molecule has 3 nitrogen and oxygen atoms in total. The Labute approximate surface area is 116 Å². The van der Waals surface area contributed by atoms with Crippen LogP contribution in [0.1, 0.15) is 32.3 Å². The number of carbonyl (C=O) groups is 1. The second-order valence-electron chi connectivity index (χ2n) is 6.32. The second kappa shape index (κ2) is 4.36. The quantitative estimate of drug-likeness (QED) is 0.858. The molecule has 0 aromatic heterocycles. The molecular formula is C15H16F2N2O. The molecule has 0 bridgehead atoms. The molecule has 2 aliphatic rings. The summed E-state index contributed by atoms with van der Waals surface area (Å²) in [5.74, 6) is -2.29. The number of ketones is 1. The number of hydrogen-bond acceptors (Lipinski definition) is 3. The van der Waals surface area contributed by atoms with Crippen molar-refractivity contribution < 1.29 is 13.6 Å². The van der Waals surface area contributed by atoms with Gasteiger partial charge < -0.3 is 5.43 Å². The number of nitrogens with zero attached hydrogens (tertiary/aromatic N) is 1. The van der Waals surface area contributed by atoms with Crippen molar-refractivity contribution in [3.63, 3.8) is 0 Å². The fourth-order valence-electron chi connectivity index (χ4n) is 3.21. The van der Waals surface area contributed by atoms with Gasteiger partial charge in [0.1, 0.15) is 5.78 Å². The van der Waals surface area contributed by atoms with Crippen molar-refractivity contribution in [1.82, 2.24) is 5.43 Å². The number of fused-ring (bicyclic) bond motifs is 1. The molecule has 0 saturated heterocycles. The van der Waals surface area contributed by atoms with Crippen LogP contribution in [0.5, 0.6) is 0 Å². The Morgan fingerprint density at radius 2 is 2.10 bits per heavy atom. The first-order valence-corrected chi connectivity index (χ1v) is 6.69. The molecule has 5 heteroatoms. The Morgan fingerprint density at radius 1 is 1.35 bits per heavy atom. The fourth-order valence-corrected chi connectivity index (χ4v) is 3.21. The topological polar surface area (TPSA) is 41.5 Å². The summed E-state index contributed by atoms with van der Waals surface area (Å²) in [6.45, 7) is 4.06. The highest BCUT2D eigenvalue weighted by molar-refractivity contribution is 6.15. The van der Waals surface area contributed by atoms with E-state index in [2.05, 4.69) is 10.5 Å². The minimum Gasteiger partial charge on any atom is -0.306 e. The highest BCUT2D eigenvalue weighted by atomic mass is 19.2. The van der Waals surface area contributed by atoms with E-state index in [1.807, 2.05) is 13.8 Å². The summed E-state index contributed by atoms with van der Waals surface area (Å²) in [6.07, 6.45) is 1.22. The van der Waals surface area contributed by atoms with Crippen molar-refractivity contribution in [3.05, 3.63) is 35.4 Å². The average Bonchev–Trinajstić information content (AvgIpc) is 2.74. The summed E-state index contributed by atoms with van der Waals surface area (Å²) in [7, 11) is 0. The molecule has 1 heterocycles. The van der Waals surface area contributed by atoms with E-state index in [1.165, 1.54) is 12.1 Å². The van der Waals surface area contributed by atoms with E-state index in [0.29, 0.717) is 12.1 Å². The third kappa shape index (κ3) is 2.01. The van der Waals surface area contributed by atoms with Gasteiger partial charge in [0.15, 0.2) is 11.6 Å². The van der Waals surface area contributed by atoms with E-state index in [0.717, 1.165) is 12.5 Å². The zero-order valence-corrected chi connectivity index (χ0v) is 11.4. The highest BCUT2D eigenvalue weighted by Crippen LogP contribution is 2.39. The number of benzene rings is 1. The van der Waals surface area contributed by atoms with Gasteiger partial charge in [0.25, 0.3) is 0 Å². The predicted octanol–water partition coefficient (Wildman–Crippen LogP) is 2.65. The lowest BCUT2D eigenvalue weighted by atomic mass is 9.68. The van der Waals surface area contributed by atoms with Crippen LogP contribution in [-0.2, 0) is 4.79 Å². The molecule has 1 aromatic rings. The minimum absolute atomic E-state index is 0.0404. The fraction of sp³-hybridized carbons (Fsp3) is 0.467. The van der Waals surface area contributed by atoms with E-state index in [-0.39, 0.29) is 22.8 Å². The SMILES string of the molecule is CC1(C)CC(=O)[C@H]2C(c3cccc(F)c3F)=NN[C@@H]2C1. The smallest absolute Gasteiger partial charge is 0.167 e. The van der Waals surface area contributed by atoms with Crippen molar-refractivity contribution in [2.24, 2.45) is 16.4 Å². The summed E-state index contributed by atoms with van der Waals surface area (Å²) in [6, 6.07) is 3.84. The van der Waals surface area contributed by atoms with Gasteiger partial charge in [0.2, 0.25) is 0 Å². The minimum atomic E-state index is -0.939. The number of hydrazone groups is 1. The lowest BCUT2D eigenvalue weighted by Crippen LogP contribution is -2.45. The number of hydrogen-bond donors (Lipinski definition) is 1. The van der Waals surface area contributed by atoms with Crippen molar-refractivity contribution in [1.29, 1.82) is 0 Å². The molecule has 0 radical (unpaired) electrons. The first-order valence-electron chi connectivity index (χ1n) is 6.69. The van der Waals surface area contributed by atoms with E-state index >= 15 is 0 Å². The van der Waals surface area contributed by atoms with Gasteiger partial charge in [-0.2, -0.15) is 5.10 Å². The second-order valence-corrected chi connectivity index (χ2v) is 6.32. The van der Waals surface area contributed by atoms with Gasteiger partial charge >= 0.3 is 0 Å². The summed E-state index contributed by atoms with van der Waals surface area (Å²) < 4.78 is 27.2. The van der Waals surface area contributed by atoms with E-state index in [4.69, 9.17) is 0 Å². The van der Waals surface area contributed by atoms with Gasteiger partial charge in [-0.05, 0) is 24.0 Å². The standard InChI is InChI=1S/C15H16F2N2O/c1-15(2)6-10-12(11(20)7-15)14(19-18-10)8-4-3-5-9(16)13(8)17/h3-5,10,12,18H,6-7H2,1-2H3/t10-,12+/m1/s1. The first kappa shape index (κ1) is 13.2. The molecule has 2 atom stereocenters. The van der Waals surface area contributed by atoms with Crippen molar-refractivity contribution in [2.75, 3.05) is 0 Å². The molecule has 0 amide bonds. The zero-order chi connectivity index (χ0) is 14.5. The normalized spacial score (nSPS) is 27.8. The molecule has 1 aromatic carbocycles. The summed E-state index contributed by atoms with van der Waals surface area (Å²) in [4.78, 5) is 12.3. The predicted molar refractivity (Wildman–Crippen MR) is 71.3 cm³/mol. The van der Waals surface area contributed by atoms with Crippen LogP contribution < -0.4 is 5.43 Å². The van der Waals surface area contributed by atoms with E-state index in [1.54, 1.807) is 0 Å². The zero-order valence-electron chi connectivity index (χ0n) is 11.4. The molecule has 1 saturated carbocycles. The molecule has 20 heavy (non-hydrogen) atoms. The van der Waals surface area contributed by atoms with Crippen LogP contribution in [0.4, 0.5) is 8.78 Å². The van der Waals surface area contributed by atoms with Crippen LogP contribution in [0.25, 0.3) is 0 Å². The van der Waals surface area contributed by atoms with E-state index < -0.39 is 17.6 Å². The third-order valence-corrected chi connectivity index (χ3v) is 4.05.